The summed E-state index contributed by atoms with van der Waals surface area (Å²) in [4.78, 5) is 24.7. The van der Waals surface area contributed by atoms with Crippen molar-refractivity contribution in [2.24, 2.45) is 0 Å². The predicted molar refractivity (Wildman–Crippen MR) is 170 cm³/mol. The van der Waals surface area contributed by atoms with Gasteiger partial charge in [0.1, 0.15) is 5.75 Å². The van der Waals surface area contributed by atoms with Crippen molar-refractivity contribution in [3.63, 3.8) is 0 Å². The van der Waals surface area contributed by atoms with Crippen molar-refractivity contribution in [2.75, 3.05) is 33.3 Å². The van der Waals surface area contributed by atoms with Crippen molar-refractivity contribution in [3.8, 4) is 17.0 Å². The number of pyridine rings is 1. The molecule has 4 aromatic rings. The summed E-state index contributed by atoms with van der Waals surface area (Å²) in [6.07, 6.45) is 6.39. The number of nitrogens with zero attached hydrogens (tertiary/aromatic N) is 3. The first-order valence-electron chi connectivity index (χ1n) is 15.5. The Hall–Kier alpha value is -3.74. The normalized spacial score (nSPS) is 17.7. The molecule has 42 heavy (non-hydrogen) atoms. The molecule has 0 bridgehead atoms. The number of carbonyl (C=O) groups excluding carboxylic acids is 1. The van der Waals surface area contributed by atoms with Crippen molar-refractivity contribution in [3.05, 3.63) is 95.6 Å². The largest absolute Gasteiger partial charge is 0.497 e. The van der Waals surface area contributed by atoms with E-state index in [0.29, 0.717) is 12.6 Å². The fourth-order valence-corrected chi connectivity index (χ4v) is 6.69. The SMILES string of the molecule is COc1ccc([C@H](C)NC(=O)c2c(CN3CCC(N4CCCCC4)CC3)c(-c3ccccc3)nc3ccccc23)cc1. The smallest absolute Gasteiger partial charge is 0.252 e. The molecule has 1 amide bonds. The van der Waals surface area contributed by atoms with Crippen LogP contribution < -0.4 is 10.1 Å². The molecule has 2 aliphatic rings. The molecule has 6 heteroatoms. The zero-order valence-electron chi connectivity index (χ0n) is 24.9. The number of fused-ring (bicyclic) bond motifs is 1. The number of likely N-dealkylation sites (tertiary alicyclic amines) is 2. The minimum atomic E-state index is -0.163. The second kappa shape index (κ2) is 13.1. The maximum Gasteiger partial charge on any atom is 0.252 e. The molecule has 0 unspecified atom stereocenters. The molecule has 0 saturated carbocycles. The van der Waals surface area contributed by atoms with E-state index in [1.807, 2.05) is 73.7 Å². The van der Waals surface area contributed by atoms with E-state index in [2.05, 4.69) is 27.2 Å². The van der Waals surface area contributed by atoms with Gasteiger partial charge in [-0.1, -0.05) is 67.1 Å². The number of piperidine rings is 2. The fraction of sp³-hybridized carbons (Fsp3) is 0.389. The lowest BCUT2D eigenvalue weighted by Gasteiger charge is -2.40. The number of hydrogen-bond donors (Lipinski definition) is 1. The van der Waals surface area contributed by atoms with Crippen LogP contribution in [0.15, 0.2) is 78.9 Å². The van der Waals surface area contributed by atoms with Gasteiger partial charge in [0, 0.05) is 29.1 Å². The number of para-hydroxylation sites is 1. The average Bonchev–Trinajstić information content (AvgIpc) is 3.05. The Kier molecular flexibility index (Phi) is 8.82. The molecule has 3 aromatic carbocycles. The van der Waals surface area contributed by atoms with Crippen LogP contribution in [0.1, 0.15) is 66.6 Å². The van der Waals surface area contributed by atoms with E-state index in [0.717, 1.165) is 57.7 Å². The van der Waals surface area contributed by atoms with Gasteiger partial charge in [0.05, 0.1) is 29.9 Å². The summed E-state index contributed by atoms with van der Waals surface area (Å²) in [5.41, 5.74) is 5.56. The van der Waals surface area contributed by atoms with Gasteiger partial charge in [0.2, 0.25) is 0 Å². The Labute approximate surface area is 249 Å². The molecule has 6 rings (SSSR count). The first-order valence-corrected chi connectivity index (χ1v) is 15.5. The predicted octanol–water partition coefficient (Wildman–Crippen LogP) is 6.85. The molecular formula is C36H42N4O2. The summed E-state index contributed by atoms with van der Waals surface area (Å²) in [5.74, 6) is 0.739. The molecule has 218 valence electrons. The molecule has 0 radical (unpaired) electrons. The van der Waals surface area contributed by atoms with E-state index in [4.69, 9.17) is 9.72 Å². The molecular weight excluding hydrogens is 520 g/mol. The molecule has 1 aromatic heterocycles. The van der Waals surface area contributed by atoms with Gasteiger partial charge < -0.3 is 15.0 Å². The lowest BCUT2D eigenvalue weighted by atomic mass is 9.94. The van der Waals surface area contributed by atoms with E-state index < -0.39 is 0 Å². The number of carbonyl (C=O) groups is 1. The van der Waals surface area contributed by atoms with Crippen LogP contribution in [0.2, 0.25) is 0 Å². The van der Waals surface area contributed by atoms with Crippen LogP contribution in [0.25, 0.3) is 22.2 Å². The van der Waals surface area contributed by atoms with E-state index in [-0.39, 0.29) is 11.9 Å². The van der Waals surface area contributed by atoms with E-state index in [1.165, 1.54) is 45.2 Å². The number of aromatic nitrogens is 1. The van der Waals surface area contributed by atoms with Gasteiger partial charge in [-0.05, 0) is 82.5 Å². The lowest BCUT2D eigenvalue weighted by molar-refractivity contribution is 0.0884. The fourth-order valence-electron chi connectivity index (χ4n) is 6.69. The molecule has 2 fully saturated rings. The summed E-state index contributed by atoms with van der Waals surface area (Å²) < 4.78 is 5.33. The monoisotopic (exact) mass is 562 g/mol. The molecule has 0 spiro atoms. The van der Waals surface area contributed by atoms with Crippen LogP contribution in [-0.2, 0) is 6.54 Å². The zero-order valence-corrected chi connectivity index (χ0v) is 24.9. The van der Waals surface area contributed by atoms with Gasteiger partial charge in [-0.15, -0.1) is 0 Å². The maximum atomic E-state index is 14.3. The number of nitrogens with one attached hydrogen (secondary N) is 1. The first-order chi connectivity index (χ1) is 20.6. The number of ether oxygens (including phenoxy) is 1. The minimum Gasteiger partial charge on any atom is -0.497 e. The average molecular weight is 563 g/mol. The minimum absolute atomic E-state index is 0.0627. The third-order valence-corrected chi connectivity index (χ3v) is 9.08. The van der Waals surface area contributed by atoms with Crippen LogP contribution in [0.3, 0.4) is 0 Å². The number of rotatable bonds is 8. The topological polar surface area (TPSA) is 57.7 Å². The van der Waals surface area contributed by atoms with Crippen LogP contribution in [0.5, 0.6) is 5.75 Å². The summed E-state index contributed by atoms with van der Waals surface area (Å²) in [7, 11) is 1.66. The highest BCUT2D eigenvalue weighted by atomic mass is 16.5. The van der Waals surface area contributed by atoms with Crippen LogP contribution >= 0.6 is 0 Å². The van der Waals surface area contributed by atoms with Gasteiger partial charge in [0.25, 0.3) is 5.91 Å². The van der Waals surface area contributed by atoms with Gasteiger partial charge in [-0.3, -0.25) is 9.69 Å². The highest BCUT2D eigenvalue weighted by Crippen LogP contribution is 2.33. The third-order valence-electron chi connectivity index (χ3n) is 9.08. The van der Waals surface area contributed by atoms with E-state index in [9.17, 15) is 4.79 Å². The van der Waals surface area contributed by atoms with Gasteiger partial charge in [0.15, 0.2) is 0 Å². The number of benzene rings is 3. The molecule has 1 atom stereocenters. The Morgan fingerprint density at radius 1 is 0.905 bits per heavy atom. The number of methoxy groups -OCH3 is 1. The van der Waals surface area contributed by atoms with Crippen LogP contribution in [0, 0.1) is 0 Å². The first kappa shape index (κ1) is 28.4. The van der Waals surface area contributed by atoms with Crippen molar-refractivity contribution in [2.45, 2.75) is 57.7 Å². The van der Waals surface area contributed by atoms with Crippen LogP contribution in [-0.4, -0.2) is 60.0 Å². The zero-order chi connectivity index (χ0) is 28.9. The Morgan fingerprint density at radius 2 is 1.60 bits per heavy atom. The molecule has 2 saturated heterocycles. The van der Waals surface area contributed by atoms with Crippen molar-refractivity contribution >= 4 is 16.8 Å². The Bertz CT molecular complexity index is 1490. The second-order valence-corrected chi connectivity index (χ2v) is 11.8. The molecule has 0 aliphatic carbocycles. The highest BCUT2D eigenvalue weighted by Gasteiger charge is 2.29. The maximum absolute atomic E-state index is 14.3. The quantitative estimate of drug-likeness (QED) is 0.255. The summed E-state index contributed by atoms with van der Waals surface area (Å²) in [5, 5.41) is 4.21. The highest BCUT2D eigenvalue weighted by molar-refractivity contribution is 6.09. The molecule has 1 N–H and O–H groups in total. The van der Waals surface area contributed by atoms with E-state index in [1.54, 1.807) is 7.11 Å². The molecule has 3 heterocycles. The Balaban J connectivity index is 1.34. The van der Waals surface area contributed by atoms with Gasteiger partial charge in [-0.25, -0.2) is 4.98 Å². The van der Waals surface area contributed by atoms with Gasteiger partial charge >= 0.3 is 0 Å². The summed E-state index contributed by atoms with van der Waals surface area (Å²) >= 11 is 0. The second-order valence-electron chi connectivity index (χ2n) is 11.8. The summed E-state index contributed by atoms with van der Waals surface area (Å²) in [6, 6.07) is 26.8. The van der Waals surface area contributed by atoms with Crippen LogP contribution in [0.4, 0.5) is 0 Å². The molecule has 2 aliphatic heterocycles. The third kappa shape index (κ3) is 6.20. The van der Waals surface area contributed by atoms with Crippen molar-refractivity contribution in [1.82, 2.24) is 20.1 Å². The Morgan fingerprint density at radius 3 is 2.31 bits per heavy atom. The van der Waals surface area contributed by atoms with Gasteiger partial charge in [-0.2, -0.15) is 0 Å². The van der Waals surface area contributed by atoms with Crippen molar-refractivity contribution < 1.29 is 9.53 Å². The summed E-state index contributed by atoms with van der Waals surface area (Å²) in [6.45, 7) is 7.29. The molecule has 6 nitrogen and oxygen atoms in total. The number of amides is 1. The van der Waals surface area contributed by atoms with Crippen molar-refractivity contribution in [1.29, 1.82) is 0 Å². The number of hydrogen-bond acceptors (Lipinski definition) is 5. The van der Waals surface area contributed by atoms with E-state index >= 15 is 0 Å². The standard InChI is InChI=1S/C36H42N4O2/c1-26(27-15-17-30(42-2)18-16-27)37-36(41)34-31-13-7-8-14-33(31)38-35(28-11-5-3-6-12-28)32(34)25-39-23-19-29(20-24-39)40-21-9-4-10-22-40/h3,5-8,11-18,26,29H,4,9-10,19-25H2,1-2H3,(H,37,41)/t26-/m0/s1. The lowest BCUT2D eigenvalue weighted by Crippen LogP contribution is -2.46.